The lowest BCUT2D eigenvalue weighted by atomic mass is 10.1. The SMILES string of the molecule is CCC(Nc1ccccc1S(C)(=O)=O)c1ccc(F)cn1. The number of aromatic nitrogens is 1. The molecule has 2 rings (SSSR count). The van der Waals surface area contributed by atoms with Crippen molar-refractivity contribution < 1.29 is 12.8 Å². The van der Waals surface area contributed by atoms with Gasteiger partial charge in [0.15, 0.2) is 9.84 Å². The molecule has 1 aromatic heterocycles. The van der Waals surface area contributed by atoms with Crippen LogP contribution in [0.2, 0.25) is 0 Å². The number of para-hydroxylation sites is 1. The van der Waals surface area contributed by atoms with Crippen LogP contribution in [0.3, 0.4) is 0 Å². The molecule has 6 heteroatoms. The highest BCUT2D eigenvalue weighted by molar-refractivity contribution is 7.90. The number of anilines is 1. The lowest BCUT2D eigenvalue weighted by molar-refractivity contribution is 0.601. The van der Waals surface area contributed by atoms with Crippen molar-refractivity contribution in [2.24, 2.45) is 0 Å². The highest BCUT2D eigenvalue weighted by Gasteiger charge is 2.17. The smallest absolute Gasteiger partial charge is 0.177 e. The molecule has 0 saturated carbocycles. The van der Waals surface area contributed by atoms with E-state index >= 15 is 0 Å². The van der Waals surface area contributed by atoms with Gasteiger partial charge in [0, 0.05) is 6.26 Å². The molecular weight excluding hydrogens is 291 g/mol. The first-order valence-electron chi connectivity index (χ1n) is 6.59. The summed E-state index contributed by atoms with van der Waals surface area (Å²) in [6.45, 7) is 1.95. The average Bonchev–Trinajstić information content (AvgIpc) is 2.45. The van der Waals surface area contributed by atoms with Crippen molar-refractivity contribution in [1.82, 2.24) is 4.98 Å². The fourth-order valence-electron chi connectivity index (χ4n) is 2.08. The molecule has 1 atom stereocenters. The number of nitrogens with zero attached hydrogens (tertiary/aromatic N) is 1. The fraction of sp³-hybridized carbons (Fsp3) is 0.267. The second kappa shape index (κ2) is 6.22. The van der Waals surface area contributed by atoms with E-state index in [0.717, 1.165) is 6.20 Å². The van der Waals surface area contributed by atoms with Crippen LogP contribution < -0.4 is 5.32 Å². The molecule has 0 saturated heterocycles. The maximum Gasteiger partial charge on any atom is 0.177 e. The van der Waals surface area contributed by atoms with E-state index in [2.05, 4.69) is 10.3 Å². The number of halogens is 1. The van der Waals surface area contributed by atoms with Crippen molar-refractivity contribution in [3.05, 3.63) is 54.1 Å². The van der Waals surface area contributed by atoms with Crippen LogP contribution in [0, 0.1) is 5.82 Å². The number of pyridine rings is 1. The Morgan fingerprint density at radius 3 is 2.52 bits per heavy atom. The molecule has 1 aromatic carbocycles. The van der Waals surface area contributed by atoms with Crippen molar-refractivity contribution >= 4 is 15.5 Å². The molecule has 0 radical (unpaired) electrons. The Kier molecular flexibility index (Phi) is 4.57. The second-order valence-electron chi connectivity index (χ2n) is 4.77. The van der Waals surface area contributed by atoms with Crippen LogP contribution in [-0.2, 0) is 9.84 Å². The van der Waals surface area contributed by atoms with Crippen LogP contribution >= 0.6 is 0 Å². The molecule has 21 heavy (non-hydrogen) atoms. The third kappa shape index (κ3) is 3.78. The molecule has 1 unspecified atom stereocenters. The highest BCUT2D eigenvalue weighted by Crippen LogP contribution is 2.26. The van der Waals surface area contributed by atoms with E-state index < -0.39 is 15.7 Å². The summed E-state index contributed by atoms with van der Waals surface area (Å²) in [5, 5.41) is 3.18. The lowest BCUT2D eigenvalue weighted by Crippen LogP contribution is -2.13. The number of sulfone groups is 1. The summed E-state index contributed by atoms with van der Waals surface area (Å²) < 4.78 is 36.5. The molecule has 0 spiro atoms. The number of hydrogen-bond donors (Lipinski definition) is 1. The van der Waals surface area contributed by atoms with Gasteiger partial charge in [0.1, 0.15) is 5.82 Å². The van der Waals surface area contributed by atoms with E-state index in [4.69, 9.17) is 0 Å². The van der Waals surface area contributed by atoms with Gasteiger partial charge in [-0.25, -0.2) is 12.8 Å². The van der Waals surface area contributed by atoms with Gasteiger partial charge < -0.3 is 5.32 Å². The van der Waals surface area contributed by atoms with Gasteiger partial charge in [0.05, 0.1) is 28.5 Å². The van der Waals surface area contributed by atoms with Gasteiger partial charge >= 0.3 is 0 Å². The second-order valence-corrected chi connectivity index (χ2v) is 6.76. The number of rotatable bonds is 5. The Hall–Kier alpha value is -1.95. The first kappa shape index (κ1) is 15.4. The van der Waals surface area contributed by atoms with Crippen LogP contribution in [-0.4, -0.2) is 19.7 Å². The van der Waals surface area contributed by atoms with Gasteiger partial charge in [-0.1, -0.05) is 19.1 Å². The van der Waals surface area contributed by atoms with Gasteiger partial charge in [-0.2, -0.15) is 0 Å². The Labute approximate surface area is 124 Å². The van der Waals surface area contributed by atoms with Crippen LogP contribution in [0.15, 0.2) is 47.5 Å². The normalized spacial score (nSPS) is 12.9. The minimum absolute atomic E-state index is 0.187. The van der Waals surface area contributed by atoms with Gasteiger partial charge in [-0.15, -0.1) is 0 Å². The predicted molar refractivity (Wildman–Crippen MR) is 80.4 cm³/mol. The molecule has 112 valence electrons. The van der Waals surface area contributed by atoms with Crippen LogP contribution in [0.4, 0.5) is 10.1 Å². The summed E-state index contributed by atoms with van der Waals surface area (Å²) in [5.74, 6) is -0.398. The maximum atomic E-state index is 12.9. The Morgan fingerprint density at radius 2 is 1.95 bits per heavy atom. The molecule has 0 bridgehead atoms. The summed E-state index contributed by atoms with van der Waals surface area (Å²) >= 11 is 0. The average molecular weight is 308 g/mol. The van der Waals surface area contributed by atoms with Crippen LogP contribution in [0.1, 0.15) is 25.1 Å². The summed E-state index contributed by atoms with van der Waals surface area (Å²) in [6, 6.07) is 9.47. The van der Waals surface area contributed by atoms with E-state index in [0.29, 0.717) is 17.8 Å². The number of hydrogen-bond acceptors (Lipinski definition) is 4. The first-order valence-corrected chi connectivity index (χ1v) is 8.48. The fourth-order valence-corrected chi connectivity index (χ4v) is 2.93. The molecule has 0 amide bonds. The first-order chi connectivity index (χ1) is 9.91. The van der Waals surface area contributed by atoms with Crippen molar-refractivity contribution in [1.29, 1.82) is 0 Å². The largest absolute Gasteiger partial charge is 0.376 e. The zero-order valence-corrected chi connectivity index (χ0v) is 12.7. The standard InChI is InChI=1S/C15H17FN2O2S/c1-3-12(13-9-8-11(16)10-17-13)18-14-6-4-5-7-15(14)21(2,19)20/h4-10,12,18H,3H2,1-2H3. The lowest BCUT2D eigenvalue weighted by Gasteiger charge is -2.19. The van der Waals surface area contributed by atoms with Crippen molar-refractivity contribution in [2.75, 3.05) is 11.6 Å². The van der Waals surface area contributed by atoms with E-state index in [1.165, 1.54) is 12.3 Å². The van der Waals surface area contributed by atoms with Crippen LogP contribution in [0.25, 0.3) is 0 Å². The van der Waals surface area contributed by atoms with Crippen LogP contribution in [0.5, 0.6) is 0 Å². The summed E-state index contributed by atoms with van der Waals surface area (Å²) in [4.78, 5) is 4.29. The van der Waals surface area contributed by atoms with Gasteiger partial charge in [-0.3, -0.25) is 4.98 Å². The zero-order valence-electron chi connectivity index (χ0n) is 11.9. The summed E-state index contributed by atoms with van der Waals surface area (Å²) in [7, 11) is -3.32. The summed E-state index contributed by atoms with van der Waals surface area (Å²) in [6.07, 6.45) is 3.02. The molecule has 0 aliphatic heterocycles. The Bertz CT molecular complexity index is 715. The van der Waals surface area contributed by atoms with Crippen molar-refractivity contribution in [3.63, 3.8) is 0 Å². The molecular formula is C15H17FN2O2S. The molecule has 0 fully saturated rings. The number of nitrogens with one attached hydrogen (secondary N) is 1. The Morgan fingerprint density at radius 1 is 1.24 bits per heavy atom. The van der Waals surface area contributed by atoms with Gasteiger partial charge in [-0.05, 0) is 30.7 Å². The molecule has 4 nitrogen and oxygen atoms in total. The minimum Gasteiger partial charge on any atom is -0.376 e. The summed E-state index contributed by atoms with van der Waals surface area (Å²) in [5.41, 5.74) is 1.19. The van der Waals surface area contributed by atoms with E-state index in [9.17, 15) is 12.8 Å². The molecule has 0 aliphatic rings. The molecule has 1 heterocycles. The minimum atomic E-state index is -3.32. The van der Waals surface area contributed by atoms with Crippen molar-refractivity contribution in [2.45, 2.75) is 24.3 Å². The van der Waals surface area contributed by atoms with E-state index in [-0.39, 0.29) is 10.9 Å². The predicted octanol–water partition coefficient (Wildman–Crippen LogP) is 3.19. The van der Waals surface area contributed by atoms with Gasteiger partial charge in [0.2, 0.25) is 0 Å². The Balaban J connectivity index is 2.34. The molecule has 0 aliphatic carbocycles. The zero-order chi connectivity index (χ0) is 15.5. The van der Waals surface area contributed by atoms with Gasteiger partial charge in [0.25, 0.3) is 0 Å². The van der Waals surface area contributed by atoms with E-state index in [1.54, 1.807) is 30.3 Å². The third-order valence-electron chi connectivity index (χ3n) is 3.13. The highest BCUT2D eigenvalue weighted by atomic mass is 32.2. The number of benzene rings is 1. The maximum absolute atomic E-state index is 12.9. The third-order valence-corrected chi connectivity index (χ3v) is 4.29. The topological polar surface area (TPSA) is 59.1 Å². The monoisotopic (exact) mass is 308 g/mol. The quantitative estimate of drug-likeness (QED) is 0.921. The van der Waals surface area contributed by atoms with Crippen molar-refractivity contribution in [3.8, 4) is 0 Å². The van der Waals surface area contributed by atoms with E-state index in [1.807, 2.05) is 6.92 Å². The molecule has 2 aromatic rings. The molecule has 1 N–H and O–H groups in total.